The molecule has 0 unspecified atom stereocenters. The number of hydrogen-bond acceptors (Lipinski definition) is 2. The van der Waals surface area contributed by atoms with E-state index in [1.54, 1.807) is 0 Å². The summed E-state index contributed by atoms with van der Waals surface area (Å²) in [4.78, 5) is 2.22. The summed E-state index contributed by atoms with van der Waals surface area (Å²) >= 11 is 0. The molecule has 124 valence electrons. The van der Waals surface area contributed by atoms with Crippen molar-refractivity contribution >= 4 is 0 Å². The lowest BCUT2D eigenvalue weighted by Crippen LogP contribution is -2.13. The molecule has 0 spiro atoms. The van der Waals surface area contributed by atoms with Crippen molar-refractivity contribution in [3.05, 3.63) is 59.2 Å². The first-order valence-corrected chi connectivity index (χ1v) is 8.48. The quantitative estimate of drug-likeness (QED) is 0.678. The van der Waals surface area contributed by atoms with Crippen LogP contribution in [0.3, 0.4) is 0 Å². The zero-order chi connectivity index (χ0) is 16.8. The van der Waals surface area contributed by atoms with Gasteiger partial charge in [-0.15, -0.1) is 0 Å². The van der Waals surface area contributed by atoms with Gasteiger partial charge < -0.3 is 9.64 Å². The minimum Gasteiger partial charge on any atom is -0.457 e. The van der Waals surface area contributed by atoms with Crippen LogP contribution >= 0.6 is 0 Å². The van der Waals surface area contributed by atoms with E-state index >= 15 is 0 Å². The third kappa shape index (κ3) is 5.11. The summed E-state index contributed by atoms with van der Waals surface area (Å²) in [7, 11) is 4.23. The van der Waals surface area contributed by atoms with Crippen LogP contribution in [0.4, 0.5) is 0 Å². The summed E-state index contributed by atoms with van der Waals surface area (Å²) in [5, 5.41) is 0. The molecule has 23 heavy (non-hydrogen) atoms. The molecular formula is C21H29NO. The fourth-order valence-electron chi connectivity index (χ4n) is 2.60. The highest BCUT2D eigenvalue weighted by Gasteiger charge is 2.09. The molecule has 2 aromatic carbocycles. The van der Waals surface area contributed by atoms with Gasteiger partial charge in [-0.05, 0) is 75.1 Å². The molecule has 0 amide bonds. The lowest BCUT2D eigenvalue weighted by atomic mass is 10.0. The first-order valence-electron chi connectivity index (χ1n) is 8.48. The summed E-state index contributed by atoms with van der Waals surface area (Å²) in [5.41, 5.74) is 3.77. The maximum atomic E-state index is 6.28. The number of para-hydroxylation sites is 1. The van der Waals surface area contributed by atoms with Gasteiger partial charge in [-0.1, -0.05) is 44.2 Å². The molecule has 0 atom stereocenters. The molecule has 2 rings (SSSR count). The Labute approximate surface area is 141 Å². The van der Waals surface area contributed by atoms with Crippen molar-refractivity contribution in [2.24, 2.45) is 0 Å². The van der Waals surface area contributed by atoms with Gasteiger partial charge in [0.2, 0.25) is 0 Å². The third-order valence-corrected chi connectivity index (χ3v) is 4.12. The Kier molecular flexibility index (Phi) is 6.23. The van der Waals surface area contributed by atoms with Crippen LogP contribution in [0.1, 0.15) is 42.9 Å². The SMILES string of the molecule is Cc1ccc(C(C)C)cc1Oc1ccccc1CCCN(C)C. The van der Waals surface area contributed by atoms with Gasteiger partial charge in [-0.3, -0.25) is 0 Å². The second kappa shape index (κ2) is 8.16. The van der Waals surface area contributed by atoms with Gasteiger partial charge in [0, 0.05) is 0 Å². The Hall–Kier alpha value is -1.80. The van der Waals surface area contributed by atoms with Crippen molar-refractivity contribution in [1.29, 1.82) is 0 Å². The van der Waals surface area contributed by atoms with E-state index in [1.165, 1.54) is 16.7 Å². The van der Waals surface area contributed by atoms with Crippen LogP contribution in [0.2, 0.25) is 0 Å². The van der Waals surface area contributed by atoms with Crippen LogP contribution in [0, 0.1) is 6.92 Å². The summed E-state index contributed by atoms with van der Waals surface area (Å²) in [6, 6.07) is 14.9. The van der Waals surface area contributed by atoms with Crippen molar-refractivity contribution in [3.63, 3.8) is 0 Å². The van der Waals surface area contributed by atoms with E-state index in [4.69, 9.17) is 4.74 Å². The number of rotatable bonds is 7. The Balaban J connectivity index is 2.18. The first kappa shape index (κ1) is 17.6. The highest BCUT2D eigenvalue weighted by atomic mass is 16.5. The molecular weight excluding hydrogens is 282 g/mol. The predicted octanol–water partition coefficient (Wildman–Crippen LogP) is 5.40. The zero-order valence-electron chi connectivity index (χ0n) is 15.1. The molecule has 0 aromatic heterocycles. The molecule has 0 aliphatic rings. The fourth-order valence-corrected chi connectivity index (χ4v) is 2.60. The maximum absolute atomic E-state index is 6.28. The lowest BCUT2D eigenvalue weighted by Gasteiger charge is -2.16. The van der Waals surface area contributed by atoms with E-state index in [9.17, 15) is 0 Å². The smallest absolute Gasteiger partial charge is 0.130 e. The van der Waals surface area contributed by atoms with Crippen LogP contribution in [0.5, 0.6) is 11.5 Å². The summed E-state index contributed by atoms with van der Waals surface area (Å²) < 4.78 is 6.28. The summed E-state index contributed by atoms with van der Waals surface area (Å²) in [6.07, 6.45) is 2.18. The summed E-state index contributed by atoms with van der Waals surface area (Å²) in [5.74, 6) is 2.46. The number of nitrogens with zero attached hydrogens (tertiary/aromatic N) is 1. The van der Waals surface area contributed by atoms with E-state index in [2.05, 4.69) is 76.2 Å². The van der Waals surface area contributed by atoms with E-state index in [0.29, 0.717) is 5.92 Å². The van der Waals surface area contributed by atoms with Gasteiger partial charge in [0.05, 0.1) is 0 Å². The molecule has 0 saturated heterocycles. The summed E-state index contributed by atoms with van der Waals surface area (Å²) in [6.45, 7) is 7.62. The largest absolute Gasteiger partial charge is 0.457 e. The van der Waals surface area contributed by atoms with Crippen LogP contribution in [0.15, 0.2) is 42.5 Å². The third-order valence-electron chi connectivity index (χ3n) is 4.12. The number of aryl methyl sites for hydroxylation is 2. The topological polar surface area (TPSA) is 12.5 Å². The second-order valence-electron chi connectivity index (χ2n) is 6.80. The van der Waals surface area contributed by atoms with Gasteiger partial charge >= 0.3 is 0 Å². The van der Waals surface area contributed by atoms with Crippen molar-refractivity contribution < 1.29 is 4.74 Å². The van der Waals surface area contributed by atoms with Crippen LogP contribution < -0.4 is 4.74 Å². The molecule has 2 aromatic rings. The monoisotopic (exact) mass is 311 g/mol. The zero-order valence-corrected chi connectivity index (χ0v) is 15.1. The predicted molar refractivity (Wildman–Crippen MR) is 98.7 cm³/mol. The minimum absolute atomic E-state index is 0.508. The molecule has 0 bridgehead atoms. The molecule has 2 heteroatoms. The average molecular weight is 311 g/mol. The highest BCUT2D eigenvalue weighted by Crippen LogP contribution is 2.31. The van der Waals surface area contributed by atoms with E-state index in [0.717, 1.165) is 30.9 Å². The van der Waals surface area contributed by atoms with Crippen molar-refractivity contribution in [1.82, 2.24) is 4.90 Å². The molecule has 2 nitrogen and oxygen atoms in total. The van der Waals surface area contributed by atoms with Crippen molar-refractivity contribution in [2.45, 2.75) is 39.5 Å². The van der Waals surface area contributed by atoms with Gasteiger partial charge in [-0.25, -0.2) is 0 Å². The van der Waals surface area contributed by atoms with E-state index in [-0.39, 0.29) is 0 Å². The Morgan fingerprint density at radius 3 is 2.43 bits per heavy atom. The van der Waals surface area contributed by atoms with Crippen LogP contribution in [-0.4, -0.2) is 25.5 Å². The molecule has 0 saturated carbocycles. The maximum Gasteiger partial charge on any atom is 0.130 e. The average Bonchev–Trinajstić information content (AvgIpc) is 2.50. The van der Waals surface area contributed by atoms with Gasteiger partial charge in [0.15, 0.2) is 0 Å². The van der Waals surface area contributed by atoms with Crippen LogP contribution in [0.25, 0.3) is 0 Å². The van der Waals surface area contributed by atoms with E-state index < -0.39 is 0 Å². The Bertz CT molecular complexity index is 631. The first-order chi connectivity index (χ1) is 11.0. The van der Waals surface area contributed by atoms with Gasteiger partial charge in [0.1, 0.15) is 11.5 Å². The minimum atomic E-state index is 0.508. The molecule has 0 aliphatic carbocycles. The van der Waals surface area contributed by atoms with Crippen LogP contribution in [-0.2, 0) is 6.42 Å². The fraction of sp³-hybridized carbons (Fsp3) is 0.429. The Morgan fingerprint density at radius 1 is 1.00 bits per heavy atom. The standard InChI is InChI=1S/C21H29NO/c1-16(2)19-13-12-17(3)21(15-19)23-20-11-7-6-9-18(20)10-8-14-22(4)5/h6-7,9,11-13,15-16H,8,10,14H2,1-5H3. The highest BCUT2D eigenvalue weighted by molar-refractivity contribution is 5.43. The molecule has 0 N–H and O–H groups in total. The van der Waals surface area contributed by atoms with Gasteiger partial charge in [0.25, 0.3) is 0 Å². The van der Waals surface area contributed by atoms with Crippen molar-refractivity contribution in [2.75, 3.05) is 20.6 Å². The molecule has 0 aliphatic heterocycles. The number of ether oxygens (including phenoxy) is 1. The molecule has 0 radical (unpaired) electrons. The Morgan fingerprint density at radius 2 is 1.74 bits per heavy atom. The normalized spacial score (nSPS) is 11.3. The molecule has 0 fully saturated rings. The van der Waals surface area contributed by atoms with Gasteiger partial charge in [-0.2, -0.15) is 0 Å². The number of benzene rings is 2. The molecule has 0 heterocycles. The second-order valence-corrected chi connectivity index (χ2v) is 6.80. The number of hydrogen-bond donors (Lipinski definition) is 0. The lowest BCUT2D eigenvalue weighted by molar-refractivity contribution is 0.398. The van der Waals surface area contributed by atoms with E-state index in [1.807, 2.05) is 6.07 Å². The van der Waals surface area contributed by atoms with Crippen molar-refractivity contribution in [3.8, 4) is 11.5 Å².